The largest absolute Gasteiger partial charge is 0.298 e. The van der Waals surface area contributed by atoms with Crippen LogP contribution in [0.4, 0.5) is 0 Å². The van der Waals surface area contributed by atoms with E-state index in [0.29, 0.717) is 32.1 Å². The normalized spacial score (nSPS) is 25.6. The van der Waals surface area contributed by atoms with Gasteiger partial charge in [0.2, 0.25) is 0 Å². The van der Waals surface area contributed by atoms with Crippen molar-refractivity contribution in [3.8, 4) is 0 Å². The third-order valence-corrected chi connectivity index (χ3v) is 8.81. The number of hydrogen-bond donors (Lipinski definition) is 0. The smallest absolute Gasteiger partial charge is 0.252 e. The van der Waals surface area contributed by atoms with Crippen LogP contribution < -0.4 is 0 Å². The maximum absolute atomic E-state index is 12.7. The van der Waals surface area contributed by atoms with E-state index in [1.807, 2.05) is 0 Å². The molecular formula is C12H16BrClN2O2S2. The number of rotatable bonds is 2. The Labute approximate surface area is 136 Å². The zero-order chi connectivity index (χ0) is 14.3. The van der Waals surface area contributed by atoms with E-state index < -0.39 is 10.0 Å². The van der Waals surface area contributed by atoms with Gasteiger partial charge in [-0.1, -0.05) is 18.0 Å². The first-order chi connectivity index (χ1) is 9.48. The van der Waals surface area contributed by atoms with E-state index in [0.717, 1.165) is 19.5 Å². The van der Waals surface area contributed by atoms with E-state index in [-0.39, 0.29) is 0 Å². The maximum Gasteiger partial charge on any atom is 0.252 e. The van der Waals surface area contributed by atoms with E-state index >= 15 is 0 Å². The second kappa shape index (κ2) is 5.85. The van der Waals surface area contributed by atoms with Crippen molar-refractivity contribution in [2.75, 3.05) is 26.2 Å². The zero-order valence-electron chi connectivity index (χ0n) is 10.9. The van der Waals surface area contributed by atoms with Crippen molar-refractivity contribution in [3.05, 3.63) is 14.9 Å². The first kappa shape index (κ1) is 15.2. The molecule has 0 aliphatic carbocycles. The summed E-state index contributed by atoms with van der Waals surface area (Å²) in [5.41, 5.74) is 0. The van der Waals surface area contributed by atoms with Crippen molar-refractivity contribution in [2.24, 2.45) is 0 Å². The van der Waals surface area contributed by atoms with E-state index in [4.69, 9.17) is 11.6 Å². The third kappa shape index (κ3) is 2.80. The summed E-state index contributed by atoms with van der Waals surface area (Å²) in [6.07, 6.45) is 3.53. The molecule has 2 fully saturated rings. The molecule has 4 nitrogen and oxygen atoms in total. The molecule has 8 heteroatoms. The minimum atomic E-state index is -3.40. The van der Waals surface area contributed by atoms with Crippen LogP contribution in [-0.2, 0) is 10.0 Å². The Balaban J connectivity index is 1.81. The maximum atomic E-state index is 12.7. The van der Waals surface area contributed by atoms with Crippen molar-refractivity contribution in [3.63, 3.8) is 0 Å². The van der Waals surface area contributed by atoms with Crippen molar-refractivity contribution >= 4 is 48.9 Å². The molecule has 0 N–H and O–H groups in total. The number of piperidine rings is 1. The second-order valence-corrected chi connectivity index (χ2v) is 10.2. The first-order valence-electron chi connectivity index (χ1n) is 6.67. The number of thiophene rings is 1. The van der Waals surface area contributed by atoms with Crippen molar-refractivity contribution in [2.45, 2.75) is 29.5 Å². The fraction of sp³-hybridized carbons (Fsp3) is 0.667. The molecule has 2 aliphatic heterocycles. The fourth-order valence-electron chi connectivity index (χ4n) is 2.93. The molecule has 0 spiro atoms. The molecule has 20 heavy (non-hydrogen) atoms. The van der Waals surface area contributed by atoms with Gasteiger partial charge in [-0.15, -0.1) is 11.3 Å². The highest BCUT2D eigenvalue weighted by atomic mass is 79.9. The van der Waals surface area contributed by atoms with Crippen LogP contribution in [0.25, 0.3) is 0 Å². The van der Waals surface area contributed by atoms with Gasteiger partial charge in [0, 0.05) is 25.7 Å². The molecule has 3 heterocycles. The second-order valence-electron chi connectivity index (χ2n) is 5.24. The van der Waals surface area contributed by atoms with Crippen molar-refractivity contribution < 1.29 is 8.42 Å². The van der Waals surface area contributed by atoms with Gasteiger partial charge in [-0.2, -0.15) is 4.31 Å². The monoisotopic (exact) mass is 398 g/mol. The van der Waals surface area contributed by atoms with Gasteiger partial charge in [-0.25, -0.2) is 8.42 Å². The van der Waals surface area contributed by atoms with Gasteiger partial charge in [0.15, 0.2) is 0 Å². The Morgan fingerprint density at radius 3 is 2.80 bits per heavy atom. The molecule has 0 amide bonds. The topological polar surface area (TPSA) is 40.6 Å². The molecule has 0 aromatic carbocycles. The summed E-state index contributed by atoms with van der Waals surface area (Å²) in [7, 11) is -3.40. The Hall–Kier alpha value is 0.340. The molecule has 3 rings (SSSR count). The predicted molar refractivity (Wildman–Crippen MR) is 85.0 cm³/mol. The number of halogens is 2. The van der Waals surface area contributed by atoms with Crippen LogP contribution in [-0.4, -0.2) is 49.8 Å². The Bertz CT molecular complexity index is 585. The van der Waals surface area contributed by atoms with E-state index in [1.165, 1.54) is 24.2 Å². The lowest BCUT2D eigenvalue weighted by molar-refractivity contribution is 0.0852. The standard InChI is InChI=1S/C12H16BrClN2O2S2/c13-12-10(14)7-11(19-12)20(17,18)16-6-5-15-4-2-1-3-9(15)8-16/h7,9H,1-6,8H2. The Kier molecular flexibility index (Phi) is 4.46. The van der Waals surface area contributed by atoms with Crippen LogP contribution in [0.15, 0.2) is 14.1 Å². The average molecular weight is 400 g/mol. The van der Waals surface area contributed by atoms with Crippen molar-refractivity contribution in [1.29, 1.82) is 0 Å². The SMILES string of the molecule is O=S(=O)(c1cc(Cl)c(Br)s1)N1CCN2CCCCC2C1. The molecule has 112 valence electrons. The molecule has 1 aromatic heterocycles. The zero-order valence-corrected chi connectivity index (χ0v) is 14.9. The average Bonchev–Trinajstić information content (AvgIpc) is 2.79. The Morgan fingerprint density at radius 1 is 1.30 bits per heavy atom. The van der Waals surface area contributed by atoms with Crippen LogP contribution in [0, 0.1) is 0 Å². The van der Waals surface area contributed by atoms with Gasteiger partial charge in [0.25, 0.3) is 10.0 Å². The van der Waals surface area contributed by atoms with Crippen LogP contribution in [0.5, 0.6) is 0 Å². The van der Waals surface area contributed by atoms with Gasteiger partial charge >= 0.3 is 0 Å². The highest BCUT2D eigenvalue weighted by Gasteiger charge is 2.36. The molecule has 0 bridgehead atoms. The molecule has 2 aliphatic rings. The lowest BCUT2D eigenvalue weighted by Gasteiger charge is -2.43. The molecule has 1 atom stereocenters. The minimum absolute atomic E-state index is 0.332. The summed E-state index contributed by atoms with van der Waals surface area (Å²) in [6.45, 7) is 3.13. The summed E-state index contributed by atoms with van der Waals surface area (Å²) < 4.78 is 28.0. The van der Waals surface area contributed by atoms with Crippen LogP contribution in [0.1, 0.15) is 19.3 Å². The summed E-state index contributed by atoms with van der Waals surface area (Å²) in [5, 5.41) is 0.463. The number of nitrogens with zero attached hydrogens (tertiary/aromatic N) is 2. The fourth-order valence-corrected chi connectivity index (χ4v) is 6.95. The lowest BCUT2D eigenvalue weighted by Crippen LogP contribution is -2.55. The molecule has 1 unspecified atom stereocenters. The van der Waals surface area contributed by atoms with Crippen LogP contribution in [0.2, 0.25) is 5.02 Å². The van der Waals surface area contributed by atoms with Crippen LogP contribution >= 0.6 is 38.9 Å². The lowest BCUT2D eigenvalue weighted by atomic mass is 10.0. The van der Waals surface area contributed by atoms with E-state index in [1.54, 1.807) is 10.4 Å². The summed E-state index contributed by atoms with van der Waals surface area (Å²) in [6, 6.07) is 1.92. The number of piperazine rings is 1. The molecule has 2 saturated heterocycles. The number of sulfonamides is 1. The summed E-state index contributed by atoms with van der Waals surface area (Å²) in [4.78, 5) is 2.42. The molecular weight excluding hydrogens is 384 g/mol. The van der Waals surface area contributed by atoms with Gasteiger partial charge in [0.05, 0.1) is 8.81 Å². The third-order valence-electron chi connectivity index (χ3n) is 4.02. The van der Waals surface area contributed by atoms with Gasteiger partial charge in [0.1, 0.15) is 4.21 Å². The molecule has 1 aromatic rings. The summed E-state index contributed by atoms with van der Waals surface area (Å²) in [5.74, 6) is 0. The van der Waals surface area contributed by atoms with Crippen molar-refractivity contribution in [1.82, 2.24) is 9.21 Å². The minimum Gasteiger partial charge on any atom is -0.298 e. The van der Waals surface area contributed by atoms with Gasteiger partial charge in [-0.05, 0) is 41.4 Å². The summed E-state index contributed by atoms with van der Waals surface area (Å²) >= 11 is 10.4. The van der Waals surface area contributed by atoms with E-state index in [9.17, 15) is 8.42 Å². The number of fused-ring (bicyclic) bond motifs is 1. The first-order valence-corrected chi connectivity index (χ1v) is 10.1. The highest BCUT2D eigenvalue weighted by Crippen LogP contribution is 2.36. The molecule has 0 radical (unpaired) electrons. The number of hydrogen-bond acceptors (Lipinski definition) is 4. The van der Waals surface area contributed by atoms with Gasteiger partial charge < -0.3 is 0 Å². The quantitative estimate of drug-likeness (QED) is 0.767. The molecule has 0 saturated carbocycles. The van der Waals surface area contributed by atoms with Gasteiger partial charge in [-0.3, -0.25) is 4.90 Å². The predicted octanol–water partition coefficient (Wildman–Crippen LogP) is 3.02. The van der Waals surface area contributed by atoms with E-state index in [2.05, 4.69) is 20.8 Å². The highest BCUT2D eigenvalue weighted by molar-refractivity contribution is 9.11. The van der Waals surface area contributed by atoms with Crippen LogP contribution in [0.3, 0.4) is 0 Å². The Morgan fingerprint density at radius 2 is 2.10 bits per heavy atom.